The first-order valence-electron chi connectivity index (χ1n) is 16.8. The average molecular weight is 718 g/mol. The largest absolute Gasteiger partial charge is 0.520 e. The molecule has 1 aliphatic rings. The number of fused-ring (bicyclic) bond motifs is 4. The molecule has 2 heterocycles. The van der Waals surface area contributed by atoms with Gasteiger partial charge in [-0.2, -0.15) is 0 Å². The molecule has 1 atom stereocenters. The Balaban J connectivity index is 1.17. The summed E-state index contributed by atoms with van der Waals surface area (Å²) in [5.74, 6) is 0.106. The van der Waals surface area contributed by atoms with Gasteiger partial charge in [0.25, 0.3) is 0 Å². The molecule has 1 amide bonds. The number of nitrogens with one attached hydrogen (secondary N) is 1. The Morgan fingerprint density at radius 1 is 0.960 bits per heavy atom. The normalized spacial score (nSPS) is 13.5. The molecule has 0 aliphatic heterocycles. The third-order valence-electron chi connectivity index (χ3n) is 8.79. The molecular formula is C36H47N5O7Si2. The zero-order valence-corrected chi connectivity index (χ0v) is 31.7. The molecule has 0 radical (unpaired) electrons. The van der Waals surface area contributed by atoms with E-state index in [0.29, 0.717) is 24.4 Å². The van der Waals surface area contributed by atoms with Crippen LogP contribution in [0.3, 0.4) is 0 Å². The van der Waals surface area contributed by atoms with E-state index in [2.05, 4.69) is 85.4 Å². The van der Waals surface area contributed by atoms with Gasteiger partial charge in [-0.25, -0.2) is 19.7 Å². The van der Waals surface area contributed by atoms with Gasteiger partial charge < -0.3 is 27.5 Å². The molecule has 1 aliphatic carbocycles. The quantitative estimate of drug-likeness (QED) is 0.0484. The number of nitrogens with zero attached hydrogens (tertiary/aromatic N) is 4. The van der Waals surface area contributed by atoms with Crippen LogP contribution in [0.15, 0.2) is 85.9 Å². The molecule has 12 nitrogen and oxygen atoms in total. The number of amides is 1. The molecule has 266 valence electrons. The fourth-order valence-electron chi connectivity index (χ4n) is 6.21. The number of hydrogen-bond acceptors (Lipinski definition) is 10. The number of benzene rings is 2. The van der Waals surface area contributed by atoms with Gasteiger partial charge in [-0.3, -0.25) is 9.88 Å². The van der Waals surface area contributed by atoms with Crippen LogP contribution < -0.4 is 5.32 Å². The summed E-state index contributed by atoms with van der Waals surface area (Å²) in [5.41, 5.74) is 5.86. The van der Waals surface area contributed by atoms with Gasteiger partial charge in [0.15, 0.2) is 17.0 Å². The van der Waals surface area contributed by atoms with Crippen molar-refractivity contribution >= 4 is 40.9 Å². The maximum Gasteiger partial charge on any atom is 0.412 e. The first-order chi connectivity index (χ1) is 23.9. The fraction of sp³-hybridized carbons (Fsp3) is 0.389. The van der Waals surface area contributed by atoms with Gasteiger partial charge in [0, 0.05) is 11.5 Å². The molecule has 0 fully saturated rings. The Bertz CT molecular complexity index is 1780. The molecule has 14 heteroatoms. The number of anilines is 1. The van der Waals surface area contributed by atoms with E-state index in [-0.39, 0.29) is 53.2 Å². The summed E-state index contributed by atoms with van der Waals surface area (Å²) in [7, 11) is -5.13. The number of imidazole rings is 1. The predicted molar refractivity (Wildman–Crippen MR) is 197 cm³/mol. The van der Waals surface area contributed by atoms with Crippen LogP contribution in [-0.4, -0.2) is 68.4 Å². The number of aromatic nitrogens is 4. The second-order valence-corrected chi connectivity index (χ2v) is 20.5. The molecule has 2 N–H and O–H groups in total. The second kappa shape index (κ2) is 16.1. The van der Waals surface area contributed by atoms with E-state index in [0.717, 1.165) is 22.3 Å². The summed E-state index contributed by atoms with van der Waals surface area (Å²) in [6.07, 6.45) is 2.33. The summed E-state index contributed by atoms with van der Waals surface area (Å²) in [5, 5.41) is 12.5. The van der Waals surface area contributed by atoms with Gasteiger partial charge in [-0.1, -0.05) is 103 Å². The number of carbonyl (C=O) groups is 1. The molecular weight excluding hydrogens is 671 g/mol. The maximum absolute atomic E-state index is 13.0. The SMILES string of the molecule is C=C(O)C(=C)O[SiH](O[Si](OCCOCn1cnc2c(NC(=O)OCC3c4ccccc4-c4ccccc43)ncnc21)(C(C)C)C(C)C)C(C)C. The Kier molecular flexibility index (Phi) is 11.9. The van der Waals surface area contributed by atoms with Crippen molar-refractivity contribution in [2.24, 2.45) is 0 Å². The van der Waals surface area contributed by atoms with Crippen LogP contribution in [0.2, 0.25) is 16.6 Å². The molecule has 0 spiro atoms. The third kappa shape index (κ3) is 8.00. The van der Waals surface area contributed by atoms with E-state index in [1.807, 2.05) is 38.1 Å². The van der Waals surface area contributed by atoms with Crippen LogP contribution in [0, 0.1) is 0 Å². The van der Waals surface area contributed by atoms with E-state index in [1.165, 1.54) is 6.33 Å². The van der Waals surface area contributed by atoms with Gasteiger partial charge >= 0.3 is 23.9 Å². The van der Waals surface area contributed by atoms with Crippen LogP contribution in [0.1, 0.15) is 58.6 Å². The molecule has 1 unspecified atom stereocenters. The first-order valence-corrected chi connectivity index (χ1v) is 20.4. The van der Waals surface area contributed by atoms with Crippen LogP contribution in [0.4, 0.5) is 10.6 Å². The van der Waals surface area contributed by atoms with E-state index in [9.17, 15) is 9.90 Å². The Morgan fingerprint density at radius 3 is 2.20 bits per heavy atom. The summed E-state index contributed by atoms with van der Waals surface area (Å²) >= 11 is 0. The lowest BCUT2D eigenvalue weighted by atomic mass is 9.98. The lowest BCUT2D eigenvalue weighted by Gasteiger charge is -2.41. The van der Waals surface area contributed by atoms with Gasteiger partial charge in [-0.05, 0) is 33.3 Å². The van der Waals surface area contributed by atoms with Gasteiger partial charge in [0.2, 0.25) is 0 Å². The van der Waals surface area contributed by atoms with Crippen LogP contribution in [0.25, 0.3) is 22.3 Å². The zero-order valence-electron chi connectivity index (χ0n) is 29.6. The Labute approximate surface area is 296 Å². The van der Waals surface area contributed by atoms with Crippen molar-refractivity contribution in [2.75, 3.05) is 25.1 Å². The highest BCUT2D eigenvalue weighted by atomic mass is 28.4. The highest BCUT2D eigenvalue weighted by molar-refractivity contribution is 6.76. The number of ether oxygens (including phenoxy) is 2. The van der Waals surface area contributed by atoms with Crippen molar-refractivity contribution in [3.8, 4) is 11.1 Å². The summed E-state index contributed by atoms with van der Waals surface area (Å²) < 4.78 is 32.7. The molecule has 0 saturated heterocycles. The standard InChI is InChI=1S/C36H47N5O7Si2/c1-23(2)49(47-27(8)26(7)42)48-50(24(3)4,25(5)6)46-18-17-44-22-41-21-39-33-34(37-20-38-35(33)41)40-36(43)45-19-32-30-15-11-9-13-28(30)29-14-10-12-16-31(29)32/h9-16,20-21,23-25,32,42,49H,7-8,17-19,22H2,1-6H3,(H,37,38,40,43). The molecule has 0 saturated carbocycles. The van der Waals surface area contributed by atoms with Crippen LogP contribution in [-0.2, 0) is 29.2 Å². The minimum atomic E-state index is -2.80. The van der Waals surface area contributed by atoms with Crippen molar-refractivity contribution in [3.63, 3.8) is 0 Å². The Hall–Kier alpha value is -4.35. The second-order valence-electron chi connectivity index (χ2n) is 13.2. The topological polar surface area (TPSA) is 139 Å². The van der Waals surface area contributed by atoms with Gasteiger partial charge in [0.05, 0.1) is 19.5 Å². The molecule has 2 aromatic heterocycles. The minimum Gasteiger partial charge on any atom is -0.520 e. The summed E-state index contributed by atoms with van der Waals surface area (Å²) in [6, 6.07) is 16.4. The lowest BCUT2D eigenvalue weighted by Crippen LogP contribution is -2.53. The summed E-state index contributed by atoms with van der Waals surface area (Å²) in [4.78, 5) is 26.0. The zero-order chi connectivity index (χ0) is 36.0. The summed E-state index contributed by atoms with van der Waals surface area (Å²) in [6.45, 7) is 20.7. The number of aliphatic hydroxyl groups excluding tert-OH is 1. The minimum absolute atomic E-state index is 0.0573. The lowest BCUT2D eigenvalue weighted by molar-refractivity contribution is 0.0453. The van der Waals surface area contributed by atoms with E-state index in [4.69, 9.17) is 22.4 Å². The highest BCUT2D eigenvalue weighted by Gasteiger charge is 2.48. The Morgan fingerprint density at radius 2 is 1.60 bits per heavy atom. The molecule has 2 aromatic carbocycles. The van der Waals surface area contributed by atoms with Gasteiger partial charge in [-0.15, -0.1) is 0 Å². The van der Waals surface area contributed by atoms with E-state index < -0.39 is 23.9 Å². The van der Waals surface area contributed by atoms with Crippen molar-refractivity contribution < 1.29 is 32.3 Å². The molecule has 0 bridgehead atoms. The van der Waals surface area contributed by atoms with E-state index >= 15 is 0 Å². The van der Waals surface area contributed by atoms with E-state index in [1.54, 1.807) is 10.9 Å². The number of rotatable bonds is 17. The fourth-order valence-corrected chi connectivity index (χ4v) is 14.5. The van der Waals surface area contributed by atoms with Crippen molar-refractivity contribution in [1.82, 2.24) is 19.5 Å². The molecule has 5 rings (SSSR count). The maximum atomic E-state index is 13.0. The van der Waals surface area contributed by atoms with Crippen molar-refractivity contribution in [1.29, 1.82) is 0 Å². The molecule has 50 heavy (non-hydrogen) atoms. The highest BCUT2D eigenvalue weighted by Crippen LogP contribution is 2.44. The first kappa shape index (κ1) is 36.9. The van der Waals surface area contributed by atoms with Gasteiger partial charge in [0.1, 0.15) is 31.2 Å². The third-order valence-corrected chi connectivity index (χ3v) is 16.7. The van der Waals surface area contributed by atoms with Crippen molar-refractivity contribution in [3.05, 3.63) is 97.0 Å². The number of hydrogen-bond donors (Lipinski definition) is 2. The predicted octanol–water partition coefficient (Wildman–Crippen LogP) is 7.69. The number of carbonyl (C=O) groups excluding carboxylic acids is 1. The monoisotopic (exact) mass is 717 g/mol. The molecule has 4 aromatic rings. The smallest absolute Gasteiger partial charge is 0.412 e. The van der Waals surface area contributed by atoms with Crippen LogP contribution in [0.5, 0.6) is 0 Å². The number of aliphatic hydroxyl groups is 1. The van der Waals surface area contributed by atoms with Crippen LogP contribution >= 0.6 is 0 Å². The van der Waals surface area contributed by atoms with Crippen molar-refractivity contribution in [2.45, 2.75) is 70.8 Å². The average Bonchev–Trinajstić information content (AvgIpc) is 3.65.